The molecule has 1 unspecified atom stereocenters. The van der Waals surface area contributed by atoms with Crippen LogP contribution in [0.2, 0.25) is 18.1 Å². The van der Waals surface area contributed by atoms with E-state index in [1.54, 1.807) is 5.57 Å². The van der Waals surface area contributed by atoms with Gasteiger partial charge >= 0.3 is 0 Å². The molecule has 0 bridgehead atoms. The maximum absolute atomic E-state index is 6.70. The van der Waals surface area contributed by atoms with E-state index in [1.807, 2.05) is 0 Å². The number of hydrogen-bond donors (Lipinski definition) is 0. The van der Waals surface area contributed by atoms with Crippen LogP contribution >= 0.6 is 23.5 Å². The molecular formula is C14H26OS2Si. The summed E-state index contributed by atoms with van der Waals surface area (Å²) in [6.07, 6.45) is 0.357. The van der Waals surface area contributed by atoms with Crippen molar-refractivity contribution in [1.82, 2.24) is 0 Å². The Morgan fingerprint density at radius 2 is 1.67 bits per heavy atom. The van der Waals surface area contributed by atoms with Crippen molar-refractivity contribution >= 4 is 31.8 Å². The van der Waals surface area contributed by atoms with Gasteiger partial charge in [0.1, 0.15) is 4.08 Å². The summed E-state index contributed by atoms with van der Waals surface area (Å²) in [5, 5.41) is 0.298. The number of thioether (sulfide) groups is 2. The molecule has 0 radical (unpaired) electrons. The van der Waals surface area contributed by atoms with Crippen LogP contribution in [0.5, 0.6) is 0 Å². The average Bonchev–Trinajstić information content (AvgIpc) is 2.74. The van der Waals surface area contributed by atoms with E-state index >= 15 is 0 Å². The average molecular weight is 303 g/mol. The van der Waals surface area contributed by atoms with Gasteiger partial charge in [-0.1, -0.05) is 20.8 Å². The number of rotatable bonds is 2. The lowest BCUT2D eigenvalue weighted by Gasteiger charge is -2.52. The molecule has 0 N–H and O–H groups in total. The predicted molar refractivity (Wildman–Crippen MR) is 88.1 cm³/mol. The third-order valence-corrected chi connectivity index (χ3v) is 12.9. The molecule has 2 aliphatic rings. The molecule has 1 atom stereocenters. The molecule has 1 aliphatic carbocycles. The monoisotopic (exact) mass is 302 g/mol. The second-order valence-corrected chi connectivity index (χ2v) is 14.6. The minimum absolute atomic E-state index is 0.263. The van der Waals surface area contributed by atoms with Crippen molar-refractivity contribution in [2.75, 3.05) is 11.5 Å². The minimum atomic E-state index is -1.66. The molecule has 2 rings (SSSR count). The molecule has 0 aromatic rings. The first-order valence-electron chi connectivity index (χ1n) is 6.75. The maximum atomic E-state index is 6.70. The van der Waals surface area contributed by atoms with Crippen LogP contribution < -0.4 is 0 Å². The third kappa shape index (κ3) is 2.13. The Bertz CT molecular complexity index is 376. The molecule has 1 heterocycles. The highest BCUT2D eigenvalue weighted by atomic mass is 32.2. The van der Waals surface area contributed by atoms with E-state index in [0.29, 0.717) is 11.1 Å². The largest absolute Gasteiger partial charge is 0.408 e. The molecule has 4 heteroatoms. The first-order valence-corrected chi connectivity index (χ1v) is 11.6. The van der Waals surface area contributed by atoms with Gasteiger partial charge in [0.05, 0.1) is 6.10 Å². The Balaban J connectivity index is 2.21. The molecule has 1 aliphatic heterocycles. The standard InChI is InChI=1S/C14H26OS2Si/c1-10-11(2)14(16-8-9-17-14)12(10)15-18(6,7)13(3,4)5/h12H,8-9H2,1-7H3. The van der Waals surface area contributed by atoms with Crippen LogP contribution in [0.25, 0.3) is 0 Å². The lowest BCUT2D eigenvalue weighted by Crippen LogP contribution is -2.55. The molecule has 1 fully saturated rings. The second kappa shape index (κ2) is 4.57. The van der Waals surface area contributed by atoms with Gasteiger partial charge in [-0.15, -0.1) is 23.5 Å². The smallest absolute Gasteiger partial charge is 0.193 e. The third-order valence-electron chi connectivity index (χ3n) is 4.79. The Morgan fingerprint density at radius 3 is 2.11 bits per heavy atom. The van der Waals surface area contributed by atoms with Crippen LogP contribution in [0.3, 0.4) is 0 Å². The van der Waals surface area contributed by atoms with E-state index in [0.717, 1.165) is 0 Å². The van der Waals surface area contributed by atoms with Crippen molar-refractivity contribution in [2.45, 2.75) is 62.9 Å². The summed E-state index contributed by atoms with van der Waals surface area (Å²) < 4.78 is 6.96. The van der Waals surface area contributed by atoms with Crippen LogP contribution in [0.1, 0.15) is 34.6 Å². The van der Waals surface area contributed by atoms with Gasteiger partial charge in [-0.25, -0.2) is 0 Å². The van der Waals surface area contributed by atoms with E-state index in [4.69, 9.17) is 4.43 Å². The van der Waals surface area contributed by atoms with Crippen molar-refractivity contribution in [3.63, 3.8) is 0 Å². The van der Waals surface area contributed by atoms with E-state index in [9.17, 15) is 0 Å². The Hall–Kier alpha value is 0.617. The van der Waals surface area contributed by atoms with Gasteiger partial charge < -0.3 is 4.43 Å². The highest BCUT2D eigenvalue weighted by Crippen LogP contribution is 2.61. The summed E-state index contributed by atoms with van der Waals surface area (Å²) in [6, 6.07) is 0. The zero-order valence-electron chi connectivity index (χ0n) is 12.7. The Kier molecular flexibility index (Phi) is 3.81. The molecule has 0 saturated carbocycles. The van der Waals surface area contributed by atoms with Crippen LogP contribution in [0.15, 0.2) is 11.1 Å². The maximum Gasteiger partial charge on any atom is 0.193 e. The fourth-order valence-electron chi connectivity index (χ4n) is 2.31. The highest BCUT2D eigenvalue weighted by Gasteiger charge is 2.56. The van der Waals surface area contributed by atoms with Crippen LogP contribution in [-0.4, -0.2) is 30.0 Å². The molecule has 0 aromatic carbocycles. The normalized spacial score (nSPS) is 27.8. The lowest BCUT2D eigenvalue weighted by atomic mass is 9.86. The van der Waals surface area contributed by atoms with Gasteiger partial charge in [-0.05, 0) is 43.1 Å². The molecule has 1 nitrogen and oxygen atoms in total. The summed E-state index contributed by atoms with van der Waals surface area (Å²) in [6.45, 7) is 16.3. The summed E-state index contributed by atoms with van der Waals surface area (Å²) in [5.41, 5.74) is 3.06. The zero-order chi connectivity index (χ0) is 13.8. The summed E-state index contributed by atoms with van der Waals surface area (Å²) in [7, 11) is -1.66. The first-order chi connectivity index (χ1) is 8.12. The lowest BCUT2D eigenvalue weighted by molar-refractivity contribution is 0.188. The topological polar surface area (TPSA) is 9.23 Å². The van der Waals surface area contributed by atoms with E-state index in [2.05, 4.69) is 71.2 Å². The van der Waals surface area contributed by atoms with Gasteiger partial charge in [-0.2, -0.15) is 0 Å². The quantitative estimate of drug-likeness (QED) is 0.530. The number of hydrogen-bond acceptors (Lipinski definition) is 3. The Morgan fingerprint density at radius 1 is 1.17 bits per heavy atom. The summed E-state index contributed by atoms with van der Waals surface area (Å²) in [4.78, 5) is 0. The van der Waals surface area contributed by atoms with Gasteiger partial charge in [0.25, 0.3) is 0 Å². The summed E-state index contributed by atoms with van der Waals surface area (Å²) in [5.74, 6) is 2.54. The van der Waals surface area contributed by atoms with Crippen molar-refractivity contribution < 1.29 is 4.43 Å². The minimum Gasteiger partial charge on any atom is -0.408 e. The van der Waals surface area contributed by atoms with Crippen molar-refractivity contribution in [3.8, 4) is 0 Å². The Labute approximate surface area is 122 Å². The zero-order valence-corrected chi connectivity index (χ0v) is 15.3. The van der Waals surface area contributed by atoms with Crippen LogP contribution in [0, 0.1) is 0 Å². The first kappa shape index (κ1) is 15.0. The molecular weight excluding hydrogens is 276 g/mol. The SMILES string of the molecule is CC1=C(C)C2(SCCS2)C1O[Si](C)(C)C(C)(C)C. The highest BCUT2D eigenvalue weighted by molar-refractivity contribution is 8.21. The van der Waals surface area contributed by atoms with Crippen molar-refractivity contribution in [2.24, 2.45) is 0 Å². The van der Waals surface area contributed by atoms with Crippen molar-refractivity contribution in [3.05, 3.63) is 11.1 Å². The van der Waals surface area contributed by atoms with Crippen LogP contribution in [-0.2, 0) is 4.43 Å². The molecule has 1 saturated heterocycles. The fourth-order valence-corrected chi connectivity index (χ4v) is 7.39. The van der Waals surface area contributed by atoms with Crippen molar-refractivity contribution in [1.29, 1.82) is 0 Å². The molecule has 1 spiro atoms. The van der Waals surface area contributed by atoms with E-state index in [1.165, 1.54) is 17.1 Å². The molecule has 18 heavy (non-hydrogen) atoms. The van der Waals surface area contributed by atoms with Gasteiger partial charge in [0.15, 0.2) is 8.32 Å². The predicted octanol–water partition coefficient (Wildman–Crippen LogP) is 4.90. The fraction of sp³-hybridized carbons (Fsp3) is 0.857. The molecule has 104 valence electrons. The molecule has 0 amide bonds. The summed E-state index contributed by atoms with van der Waals surface area (Å²) >= 11 is 4.21. The van der Waals surface area contributed by atoms with E-state index < -0.39 is 8.32 Å². The van der Waals surface area contributed by atoms with Gasteiger partial charge in [0.2, 0.25) is 0 Å². The van der Waals surface area contributed by atoms with Crippen LogP contribution in [0.4, 0.5) is 0 Å². The van der Waals surface area contributed by atoms with E-state index in [-0.39, 0.29) is 4.08 Å². The second-order valence-electron chi connectivity index (χ2n) is 6.93. The molecule has 0 aromatic heterocycles. The van der Waals surface area contributed by atoms with Gasteiger partial charge in [0, 0.05) is 11.5 Å². The van der Waals surface area contributed by atoms with Gasteiger partial charge in [-0.3, -0.25) is 0 Å².